The van der Waals surface area contributed by atoms with Crippen LogP contribution in [-0.2, 0) is 6.54 Å². The third-order valence-corrected chi connectivity index (χ3v) is 4.90. The molecule has 148 valence electrons. The molecule has 3 aromatic rings. The van der Waals surface area contributed by atoms with Crippen LogP contribution in [-0.4, -0.2) is 35.7 Å². The number of rotatable bonds is 8. The molecular formula is C19H21BrN4O3S. The van der Waals surface area contributed by atoms with E-state index in [4.69, 9.17) is 26.4 Å². The molecule has 3 rings (SSSR count). The van der Waals surface area contributed by atoms with Gasteiger partial charge in [-0.3, -0.25) is 0 Å². The lowest BCUT2D eigenvalue weighted by Gasteiger charge is -2.15. The highest BCUT2D eigenvalue weighted by atomic mass is 79.9. The molecule has 28 heavy (non-hydrogen) atoms. The predicted molar refractivity (Wildman–Crippen MR) is 114 cm³/mol. The molecule has 0 aliphatic heterocycles. The van der Waals surface area contributed by atoms with Gasteiger partial charge in [0.05, 0.1) is 37.4 Å². The van der Waals surface area contributed by atoms with Crippen LogP contribution in [0.4, 0.5) is 0 Å². The first kappa shape index (κ1) is 20.2. The number of ether oxygens (including phenoxy) is 3. The minimum absolute atomic E-state index is 0.457. The number of benzene rings is 2. The summed E-state index contributed by atoms with van der Waals surface area (Å²) in [6.45, 7) is 2.98. The van der Waals surface area contributed by atoms with Crippen molar-refractivity contribution in [3.8, 4) is 28.6 Å². The molecule has 0 bridgehead atoms. The average molecular weight is 465 g/mol. The van der Waals surface area contributed by atoms with Gasteiger partial charge in [-0.1, -0.05) is 12.1 Å². The first-order valence-electron chi connectivity index (χ1n) is 8.62. The highest BCUT2D eigenvalue weighted by Crippen LogP contribution is 2.36. The summed E-state index contributed by atoms with van der Waals surface area (Å²) in [6.07, 6.45) is 0. The minimum Gasteiger partial charge on any atom is -0.496 e. The standard InChI is InChI=1S/C19H21BrN4O3S/c1-4-27-16-10-12(9-14(20)17(16)26-3)11-21-24-18(22-23-19(24)28)13-7-5-6-8-15(13)25-2/h5-10,21H,4,11H2,1-3H3,(H,23,28). The van der Waals surface area contributed by atoms with Gasteiger partial charge in [0.25, 0.3) is 0 Å². The van der Waals surface area contributed by atoms with Gasteiger partial charge in [0, 0.05) is 0 Å². The van der Waals surface area contributed by atoms with Crippen molar-refractivity contribution < 1.29 is 14.2 Å². The summed E-state index contributed by atoms with van der Waals surface area (Å²) in [5, 5.41) is 7.18. The Bertz CT molecular complexity index is 1020. The van der Waals surface area contributed by atoms with Gasteiger partial charge in [-0.25, -0.2) is 9.77 Å². The molecule has 0 amide bonds. The number of aromatic nitrogens is 3. The zero-order valence-electron chi connectivity index (χ0n) is 15.8. The van der Waals surface area contributed by atoms with Gasteiger partial charge in [0.1, 0.15) is 5.75 Å². The number of H-pyrrole nitrogens is 1. The number of halogens is 1. The maximum atomic E-state index is 5.69. The van der Waals surface area contributed by atoms with E-state index >= 15 is 0 Å². The van der Waals surface area contributed by atoms with Crippen molar-refractivity contribution in [2.45, 2.75) is 13.5 Å². The number of para-hydroxylation sites is 1. The van der Waals surface area contributed by atoms with Gasteiger partial charge < -0.3 is 19.6 Å². The lowest BCUT2D eigenvalue weighted by Crippen LogP contribution is -2.16. The van der Waals surface area contributed by atoms with Crippen LogP contribution >= 0.6 is 28.1 Å². The topological polar surface area (TPSA) is 73.3 Å². The van der Waals surface area contributed by atoms with Gasteiger partial charge >= 0.3 is 0 Å². The van der Waals surface area contributed by atoms with Crippen molar-refractivity contribution >= 4 is 28.1 Å². The van der Waals surface area contributed by atoms with Crippen LogP contribution in [0.1, 0.15) is 12.5 Å². The number of nitrogens with one attached hydrogen (secondary N) is 2. The molecule has 0 aliphatic carbocycles. The van der Waals surface area contributed by atoms with Crippen LogP contribution in [0, 0.1) is 4.77 Å². The Morgan fingerprint density at radius 3 is 2.68 bits per heavy atom. The quantitative estimate of drug-likeness (QED) is 0.477. The summed E-state index contributed by atoms with van der Waals surface area (Å²) in [4.78, 5) is 0. The molecule has 1 aromatic heterocycles. The highest BCUT2D eigenvalue weighted by Gasteiger charge is 2.15. The molecule has 2 aromatic carbocycles. The maximum Gasteiger partial charge on any atom is 0.214 e. The Balaban J connectivity index is 1.90. The summed E-state index contributed by atoms with van der Waals surface area (Å²) >= 11 is 8.92. The highest BCUT2D eigenvalue weighted by molar-refractivity contribution is 9.10. The summed E-state index contributed by atoms with van der Waals surface area (Å²) in [5.74, 6) is 2.70. The maximum absolute atomic E-state index is 5.69. The molecular weight excluding hydrogens is 444 g/mol. The van der Waals surface area contributed by atoms with E-state index in [0.717, 1.165) is 15.6 Å². The first-order chi connectivity index (χ1) is 13.6. The van der Waals surface area contributed by atoms with Crippen molar-refractivity contribution in [1.29, 1.82) is 0 Å². The van der Waals surface area contributed by atoms with Crippen LogP contribution in [0.5, 0.6) is 17.2 Å². The van der Waals surface area contributed by atoms with Crippen LogP contribution in [0.3, 0.4) is 0 Å². The van der Waals surface area contributed by atoms with Gasteiger partial charge in [0.15, 0.2) is 17.3 Å². The van der Waals surface area contributed by atoms with E-state index < -0.39 is 0 Å². The normalized spacial score (nSPS) is 10.6. The lowest BCUT2D eigenvalue weighted by atomic mass is 10.2. The molecule has 0 fully saturated rings. The third-order valence-electron chi connectivity index (χ3n) is 4.03. The average Bonchev–Trinajstić information content (AvgIpc) is 3.06. The van der Waals surface area contributed by atoms with E-state index in [1.54, 1.807) is 18.9 Å². The van der Waals surface area contributed by atoms with Crippen molar-refractivity contribution in [1.82, 2.24) is 14.9 Å². The first-order valence-corrected chi connectivity index (χ1v) is 9.83. The van der Waals surface area contributed by atoms with Gasteiger partial charge in [-0.2, -0.15) is 5.10 Å². The predicted octanol–water partition coefficient (Wildman–Crippen LogP) is 4.53. The van der Waals surface area contributed by atoms with E-state index in [1.807, 2.05) is 43.3 Å². The van der Waals surface area contributed by atoms with Crippen molar-refractivity contribution in [3.05, 3.63) is 51.2 Å². The van der Waals surface area contributed by atoms with Crippen molar-refractivity contribution in [2.75, 3.05) is 26.3 Å². The SMILES string of the molecule is CCOc1cc(CNn2c(-c3ccccc3OC)n[nH]c2=S)cc(Br)c1OC. The Morgan fingerprint density at radius 1 is 1.18 bits per heavy atom. The largest absolute Gasteiger partial charge is 0.496 e. The fourth-order valence-corrected chi connectivity index (χ4v) is 3.66. The monoisotopic (exact) mass is 464 g/mol. The molecule has 0 saturated carbocycles. The molecule has 0 spiro atoms. The molecule has 2 N–H and O–H groups in total. The summed E-state index contributed by atoms with van der Waals surface area (Å²) in [5.41, 5.74) is 5.13. The second-order valence-corrected chi connectivity index (χ2v) is 7.01. The van der Waals surface area contributed by atoms with Gasteiger partial charge in [-0.15, -0.1) is 0 Å². The summed E-state index contributed by atoms with van der Waals surface area (Å²) in [6, 6.07) is 11.6. The number of methoxy groups -OCH3 is 2. The van der Waals surface area contributed by atoms with Crippen LogP contribution in [0.25, 0.3) is 11.4 Å². The zero-order chi connectivity index (χ0) is 20.1. The molecule has 0 radical (unpaired) electrons. The Labute approximate surface area is 176 Å². The molecule has 7 nitrogen and oxygen atoms in total. The van der Waals surface area contributed by atoms with Crippen LogP contribution in [0.2, 0.25) is 0 Å². The molecule has 1 heterocycles. The number of hydrogen-bond donors (Lipinski definition) is 2. The number of hydrogen-bond acceptors (Lipinski definition) is 6. The van der Waals surface area contributed by atoms with Crippen molar-refractivity contribution in [3.63, 3.8) is 0 Å². The minimum atomic E-state index is 0.457. The van der Waals surface area contributed by atoms with E-state index in [0.29, 0.717) is 41.0 Å². The Morgan fingerprint density at radius 2 is 1.96 bits per heavy atom. The van der Waals surface area contributed by atoms with Gasteiger partial charge in [-0.05, 0) is 64.9 Å². The van der Waals surface area contributed by atoms with Gasteiger partial charge in [0.2, 0.25) is 4.77 Å². The van der Waals surface area contributed by atoms with E-state index in [9.17, 15) is 0 Å². The Hall–Kier alpha value is -2.52. The summed E-state index contributed by atoms with van der Waals surface area (Å²) in [7, 11) is 3.24. The van der Waals surface area contributed by atoms with Crippen molar-refractivity contribution in [2.24, 2.45) is 0 Å². The number of nitrogens with zero attached hydrogens (tertiary/aromatic N) is 2. The zero-order valence-corrected chi connectivity index (χ0v) is 18.2. The number of aromatic amines is 1. The smallest absolute Gasteiger partial charge is 0.214 e. The molecule has 0 aliphatic rings. The van der Waals surface area contributed by atoms with E-state index in [1.165, 1.54) is 0 Å². The van der Waals surface area contributed by atoms with Crippen LogP contribution in [0.15, 0.2) is 40.9 Å². The molecule has 0 saturated heterocycles. The third kappa shape index (κ3) is 4.15. The van der Waals surface area contributed by atoms with Crippen LogP contribution < -0.4 is 19.6 Å². The van der Waals surface area contributed by atoms with E-state index in [-0.39, 0.29) is 0 Å². The fourth-order valence-electron chi connectivity index (χ4n) is 2.81. The molecule has 0 atom stereocenters. The lowest BCUT2D eigenvalue weighted by molar-refractivity contribution is 0.309. The second kappa shape index (κ2) is 9.11. The molecule has 0 unspecified atom stereocenters. The Kier molecular flexibility index (Phi) is 6.58. The molecule has 9 heteroatoms. The second-order valence-electron chi connectivity index (χ2n) is 5.76. The summed E-state index contributed by atoms with van der Waals surface area (Å²) < 4.78 is 19.5. The fraction of sp³-hybridized carbons (Fsp3) is 0.263. The van der Waals surface area contributed by atoms with E-state index in [2.05, 4.69) is 31.6 Å².